The summed E-state index contributed by atoms with van der Waals surface area (Å²) in [6.45, 7) is 0.338. The van der Waals surface area contributed by atoms with E-state index in [0.717, 1.165) is 29.4 Å². The Balaban J connectivity index is 1.85. The lowest BCUT2D eigenvalue weighted by Crippen LogP contribution is -2.36. The first kappa shape index (κ1) is 12.7. The van der Waals surface area contributed by atoms with Crippen molar-refractivity contribution in [3.05, 3.63) is 30.5 Å². The Bertz CT molecular complexity index is 651. The Kier molecular flexibility index (Phi) is 3.18. The maximum Gasteiger partial charge on any atom is 0.239 e. The first-order chi connectivity index (χ1) is 9.65. The van der Waals surface area contributed by atoms with E-state index < -0.39 is 0 Å². The third-order valence-electron chi connectivity index (χ3n) is 3.51. The first-order valence-corrected chi connectivity index (χ1v) is 6.79. The third kappa shape index (κ3) is 2.52. The number of carbonyl (C=O) groups excluding carboxylic acids is 1. The summed E-state index contributed by atoms with van der Waals surface area (Å²) >= 11 is 0. The van der Waals surface area contributed by atoms with Gasteiger partial charge in [0.2, 0.25) is 5.91 Å². The lowest BCUT2D eigenvalue weighted by atomic mass is 10.1. The van der Waals surface area contributed by atoms with Gasteiger partial charge in [-0.15, -0.1) is 0 Å². The van der Waals surface area contributed by atoms with E-state index in [1.54, 1.807) is 6.20 Å². The number of likely N-dealkylation sites (N-methyl/N-ethyl adjacent to an activating group) is 1. The topological polar surface area (TPSA) is 71.2 Å². The molecule has 5 heteroatoms. The van der Waals surface area contributed by atoms with Crippen molar-refractivity contribution in [1.82, 2.24) is 10.3 Å². The van der Waals surface area contributed by atoms with E-state index >= 15 is 0 Å². The molecule has 1 aliphatic rings. The second-order valence-corrected chi connectivity index (χ2v) is 5.27. The fourth-order valence-corrected chi connectivity index (χ4v) is 2.31. The number of anilines is 2. The highest BCUT2D eigenvalue weighted by atomic mass is 16.2. The van der Waals surface area contributed by atoms with E-state index in [4.69, 9.17) is 5.73 Å². The van der Waals surface area contributed by atoms with Crippen LogP contribution in [0, 0.1) is 0 Å². The van der Waals surface area contributed by atoms with Gasteiger partial charge in [-0.2, -0.15) is 0 Å². The van der Waals surface area contributed by atoms with Gasteiger partial charge in [0.15, 0.2) is 0 Å². The first-order valence-electron chi connectivity index (χ1n) is 6.79. The number of nitrogens with one attached hydrogen (secondary N) is 1. The molecule has 5 nitrogen and oxygen atoms in total. The maximum absolute atomic E-state index is 11.9. The van der Waals surface area contributed by atoms with E-state index in [-0.39, 0.29) is 5.91 Å². The number of amides is 1. The molecule has 1 amide bonds. The maximum atomic E-state index is 11.9. The summed E-state index contributed by atoms with van der Waals surface area (Å²) in [5, 5.41) is 3.96. The van der Waals surface area contributed by atoms with Crippen LogP contribution in [0.5, 0.6) is 0 Å². The molecule has 1 aromatic heterocycles. The number of nitrogens with two attached hydrogens (primary N) is 1. The molecular weight excluding hydrogens is 252 g/mol. The summed E-state index contributed by atoms with van der Waals surface area (Å²) in [5.74, 6) is 0.0591. The molecule has 0 saturated heterocycles. The molecule has 0 aliphatic heterocycles. The summed E-state index contributed by atoms with van der Waals surface area (Å²) < 4.78 is 0. The third-order valence-corrected chi connectivity index (χ3v) is 3.51. The van der Waals surface area contributed by atoms with Gasteiger partial charge in [0, 0.05) is 30.4 Å². The lowest BCUT2D eigenvalue weighted by molar-refractivity contribution is -0.119. The summed E-state index contributed by atoms with van der Waals surface area (Å²) in [6.07, 6.45) is 3.93. The number of hydrogen-bond donors (Lipinski definition) is 2. The molecule has 0 radical (unpaired) electrons. The van der Waals surface area contributed by atoms with Crippen molar-refractivity contribution in [3.63, 3.8) is 0 Å². The van der Waals surface area contributed by atoms with Crippen molar-refractivity contribution in [3.8, 4) is 0 Å². The number of nitrogens with zero attached hydrogens (tertiary/aromatic N) is 2. The zero-order chi connectivity index (χ0) is 14.1. The minimum absolute atomic E-state index is 0.0591. The Morgan fingerprint density at radius 2 is 2.25 bits per heavy atom. The minimum atomic E-state index is 0.0591. The van der Waals surface area contributed by atoms with Crippen molar-refractivity contribution in [2.24, 2.45) is 0 Å². The predicted molar refractivity (Wildman–Crippen MR) is 80.6 cm³/mol. The highest BCUT2D eigenvalue weighted by Gasteiger charge is 2.23. The number of pyridine rings is 1. The molecule has 1 aliphatic carbocycles. The van der Waals surface area contributed by atoms with Crippen molar-refractivity contribution in [2.75, 3.05) is 24.2 Å². The predicted octanol–water partition coefficient (Wildman–Crippen LogP) is 1.53. The van der Waals surface area contributed by atoms with Crippen LogP contribution >= 0.6 is 0 Å². The van der Waals surface area contributed by atoms with Gasteiger partial charge in [-0.3, -0.25) is 9.78 Å². The molecule has 1 fully saturated rings. The van der Waals surface area contributed by atoms with Crippen LogP contribution in [0.15, 0.2) is 30.5 Å². The molecule has 1 heterocycles. The Morgan fingerprint density at radius 3 is 3.00 bits per heavy atom. The van der Waals surface area contributed by atoms with Gasteiger partial charge in [-0.05, 0) is 37.1 Å². The molecule has 1 aromatic carbocycles. The quantitative estimate of drug-likeness (QED) is 0.827. The summed E-state index contributed by atoms with van der Waals surface area (Å²) in [6, 6.07) is 8.01. The molecule has 20 heavy (non-hydrogen) atoms. The Hall–Kier alpha value is -2.30. The average Bonchev–Trinajstić information content (AvgIpc) is 3.23. The number of fused-ring (bicyclic) bond motifs is 1. The van der Waals surface area contributed by atoms with Crippen molar-refractivity contribution in [2.45, 2.75) is 18.9 Å². The standard InChI is InChI=1S/C15H18N4O/c1-19(9-14(20)18-10-4-5-10)13-7-6-12(16)15-11(13)3-2-8-17-15/h2-3,6-8,10H,4-5,9,16H2,1H3,(H,18,20). The molecular formula is C15H18N4O. The van der Waals surface area contributed by atoms with Crippen LogP contribution in [-0.4, -0.2) is 30.5 Å². The van der Waals surface area contributed by atoms with Crippen LogP contribution < -0.4 is 16.0 Å². The molecule has 3 rings (SSSR count). The molecule has 1 saturated carbocycles. The van der Waals surface area contributed by atoms with E-state index in [1.165, 1.54) is 0 Å². The average molecular weight is 270 g/mol. The summed E-state index contributed by atoms with van der Waals surface area (Å²) in [4.78, 5) is 18.1. The second-order valence-electron chi connectivity index (χ2n) is 5.27. The highest BCUT2D eigenvalue weighted by molar-refractivity contribution is 5.99. The zero-order valence-electron chi connectivity index (χ0n) is 11.5. The lowest BCUT2D eigenvalue weighted by Gasteiger charge is -2.21. The molecule has 3 N–H and O–H groups in total. The SMILES string of the molecule is CN(CC(=O)NC1CC1)c1ccc(N)c2ncccc12. The molecule has 0 unspecified atom stereocenters. The van der Waals surface area contributed by atoms with Gasteiger partial charge >= 0.3 is 0 Å². The number of nitrogen functional groups attached to an aromatic ring is 1. The van der Waals surface area contributed by atoms with Crippen LogP contribution in [0.3, 0.4) is 0 Å². The molecule has 0 bridgehead atoms. The Labute approximate surface area is 117 Å². The summed E-state index contributed by atoms with van der Waals surface area (Å²) in [5.41, 5.74) is 8.34. The van der Waals surface area contributed by atoms with Crippen LogP contribution in [-0.2, 0) is 4.79 Å². The Morgan fingerprint density at radius 1 is 1.45 bits per heavy atom. The van der Waals surface area contributed by atoms with E-state index in [1.807, 2.05) is 36.2 Å². The van der Waals surface area contributed by atoms with Crippen molar-refractivity contribution in [1.29, 1.82) is 0 Å². The van der Waals surface area contributed by atoms with Gasteiger partial charge in [-0.25, -0.2) is 0 Å². The van der Waals surface area contributed by atoms with Crippen LogP contribution in [0.25, 0.3) is 10.9 Å². The second kappa shape index (κ2) is 5.00. The van der Waals surface area contributed by atoms with Crippen molar-refractivity contribution >= 4 is 28.2 Å². The van der Waals surface area contributed by atoms with Gasteiger partial charge < -0.3 is 16.0 Å². The smallest absolute Gasteiger partial charge is 0.239 e. The fraction of sp³-hybridized carbons (Fsp3) is 0.333. The van der Waals surface area contributed by atoms with Gasteiger partial charge in [-0.1, -0.05) is 0 Å². The highest BCUT2D eigenvalue weighted by Crippen LogP contribution is 2.28. The van der Waals surface area contributed by atoms with Crippen molar-refractivity contribution < 1.29 is 4.79 Å². The van der Waals surface area contributed by atoms with Gasteiger partial charge in [0.1, 0.15) is 0 Å². The fourth-order valence-electron chi connectivity index (χ4n) is 2.31. The molecule has 0 atom stereocenters. The molecule has 2 aromatic rings. The molecule has 104 valence electrons. The van der Waals surface area contributed by atoms with Crippen LogP contribution in [0.2, 0.25) is 0 Å². The summed E-state index contributed by atoms with van der Waals surface area (Å²) in [7, 11) is 1.91. The van der Waals surface area contributed by atoms with E-state index in [2.05, 4.69) is 10.3 Å². The largest absolute Gasteiger partial charge is 0.397 e. The number of hydrogen-bond acceptors (Lipinski definition) is 4. The monoisotopic (exact) mass is 270 g/mol. The minimum Gasteiger partial charge on any atom is -0.397 e. The molecule has 0 spiro atoms. The van der Waals surface area contributed by atoms with Gasteiger partial charge in [0.05, 0.1) is 17.7 Å². The zero-order valence-corrected chi connectivity index (χ0v) is 11.5. The number of carbonyl (C=O) groups is 1. The van der Waals surface area contributed by atoms with Crippen LogP contribution in [0.4, 0.5) is 11.4 Å². The van der Waals surface area contributed by atoms with Gasteiger partial charge in [0.25, 0.3) is 0 Å². The number of rotatable bonds is 4. The van der Waals surface area contributed by atoms with E-state index in [0.29, 0.717) is 18.3 Å². The van der Waals surface area contributed by atoms with Crippen LogP contribution in [0.1, 0.15) is 12.8 Å². The number of aromatic nitrogens is 1. The normalized spacial score (nSPS) is 14.2. The number of benzene rings is 1. The van der Waals surface area contributed by atoms with E-state index in [9.17, 15) is 4.79 Å².